The fourth-order valence-corrected chi connectivity index (χ4v) is 3.34. The first-order valence-electron chi connectivity index (χ1n) is 9.30. The second-order valence-corrected chi connectivity index (χ2v) is 6.80. The van der Waals surface area contributed by atoms with Gasteiger partial charge in [-0.25, -0.2) is 9.78 Å². The molecule has 1 fully saturated rings. The van der Waals surface area contributed by atoms with Crippen LogP contribution < -0.4 is 21.3 Å². The highest BCUT2D eigenvalue weighted by Gasteiger charge is 2.25. The van der Waals surface area contributed by atoms with E-state index in [0.717, 1.165) is 5.39 Å². The summed E-state index contributed by atoms with van der Waals surface area (Å²) >= 11 is 0. The monoisotopic (exact) mass is 387 g/mol. The maximum Gasteiger partial charge on any atom is 0.433 e. The molecule has 2 heterocycles. The molecule has 150 valence electrons. The molecular formula is C19H25N5O4. The Morgan fingerprint density at radius 1 is 1.32 bits per heavy atom. The molecule has 1 aliphatic heterocycles. The van der Waals surface area contributed by atoms with E-state index in [1.807, 2.05) is 38.1 Å². The van der Waals surface area contributed by atoms with Crippen molar-refractivity contribution in [1.29, 1.82) is 0 Å². The van der Waals surface area contributed by atoms with Crippen LogP contribution in [-0.4, -0.2) is 47.5 Å². The first kappa shape index (κ1) is 19.8. The normalized spacial score (nSPS) is 20.3. The second-order valence-electron chi connectivity index (χ2n) is 6.80. The molecule has 3 rings (SSSR count). The highest BCUT2D eigenvalue weighted by Crippen LogP contribution is 2.24. The van der Waals surface area contributed by atoms with Crippen LogP contribution in [0.4, 0.5) is 10.6 Å². The summed E-state index contributed by atoms with van der Waals surface area (Å²) in [6.07, 6.45) is -0.706. The van der Waals surface area contributed by atoms with Gasteiger partial charge in [0, 0.05) is 32.1 Å². The van der Waals surface area contributed by atoms with Gasteiger partial charge in [0.15, 0.2) is 0 Å². The predicted molar refractivity (Wildman–Crippen MR) is 105 cm³/mol. The minimum absolute atomic E-state index is 0.0160. The molecule has 0 spiro atoms. The molecule has 9 nitrogen and oxygen atoms in total. The lowest BCUT2D eigenvalue weighted by molar-refractivity contribution is -0.00537. The fraction of sp³-hybridized carbons (Fsp3) is 0.474. The van der Waals surface area contributed by atoms with E-state index in [-0.39, 0.29) is 17.7 Å². The van der Waals surface area contributed by atoms with Crippen molar-refractivity contribution in [2.75, 3.05) is 24.5 Å². The third-order valence-electron chi connectivity index (χ3n) is 4.47. The summed E-state index contributed by atoms with van der Waals surface area (Å²) in [5.74, 6) is 0.605. The molecule has 1 saturated heterocycles. The Hall–Kier alpha value is -2.94. The molecule has 28 heavy (non-hydrogen) atoms. The van der Waals surface area contributed by atoms with Crippen molar-refractivity contribution < 1.29 is 14.4 Å². The number of nitrogens with zero attached hydrogens (tertiary/aromatic N) is 4. The first-order valence-corrected chi connectivity index (χ1v) is 9.30. The number of anilines is 1. The van der Waals surface area contributed by atoms with Crippen LogP contribution in [0.25, 0.3) is 10.9 Å². The molecule has 2 atom stereocenters. The molecule has 2 aromatic rings. The van der Waals surface area contributed by atoms with Gasteiger partial charge in [-0.1, -0.05) is 12.1 Å². The Morgan fingerprint density at radius 2 is 2.00 bits per heavy atom. The van der Waals surface area contributed by atoms with Crippen molar-refractivity contribution in [3.8, 4) is 0 Å². The van der Waals surface area contributed by atoms with Gasteiger partial charge in [-0.2, -0.15) is 0 Å². The lowest BCUT2D eigenvalue weighted by Gasteiger charge is -2.36. The standard InChI is InChI=1S/C19H25N5O4/c1-5-20-19(26)28-22-16-18(25)23(4)15-9-7-6-8-14(15)17(21-16)24-10-12(2)27-13(3)11-24/h6-9,12-13H,5,10-11H2,1-4H3,(H,20,26). The van der Waals surface area contributed by atoms with Crippen LogP contribution in [0.2, 0.25) is 0 Å². The Morgan fingerprint density at radius 3 is 2.68 bits per heavy atom. The average Bonchev–Trinajstić information content (AvgIpc) is 2.76. The number of hydrogen-bond donors (Lipinski definition) is 1. The van der Waals surface area contributed by atoms with Crippen molar-refractivity contribution in [2.24, 2.45) is 12.2 Å². The van der Waals surface area contributed by atoms with E-state index in [1.165, 1.54) is 4.57 Å². The van der Waals surface area contributed by atoms with Crippen LogP contribution >= 0.6 is 0 Å². The van der Waals surface area contributed by atoms with Gasteiger partial charge in [0.05, 0.1) is 17.7 Å². The van der Waals surface area contributed by atoms with Gasteiger partial charge in [-0.3, -0.25) is 9.63 Å². The molecule has 1 amide bonds. The van der Waals surface area contributed by atoms with Crippen molar-refractivity contribution in [2.45, 2.75) is 33.0 Å². The van der Waals surface area contributed by atoms with Gasteiger partial charge in [0.1, 0.15) is 5.82 Å². The highest BCUT2D eigenvalue weighted by molar-refractivity contribution is 5.89. The summed E-state index contributed by atoms with van der Waals surface area (Å²) in [4.78, 5) is 35.9. The fourth-order valence-electron chi connectivity index (χ4n) is 3.34. The number of para-hydroxylation sites is 1. The number of carbonyl (C=O) groups excluding carboxylic acids is 1. The molecule has 0 aliphatic carbocycles. The zero-order valence-corrected chi connectivity index (χ0v) is 16.5. The van der Waals surface area contributed by atoms with Gasteiger partial charge in [0.25, 0.3) is 11.0 Å². The molecule has 9 heteroatoms. The minimum Gasteiger partial charge on any atom is -0.372 e. The number of benzene rings is 1. The maximum atomic E-state index is 12.9. The number of amides is 1. The Labute approximate surface area is 162 Å². The predicted octanol–water partition coefficient (Wildman–Crippen LogP) is 1.11. The molecule has 1 aromatic carbocycles. The number of nitrogens with one attached hydrogen (secondary N) is 1. The third kappa shape index (κ3) is 4.14. The van der Waals surface area contributed by atoms with Crippen LogP contribution in [0.3, 0.4) is 0 Å². The van der Waals surface area contributed by atoms with Crippen LogP contribution in [0.15, 0.2) is 34.2 Å². The molecule has 0 radical (unpaired) electrons. The number of carbonyl (C=O) groups is 1. The molecular weight excluding hydrogens is 362 g/mol. The SMILES string of the molecule is CCNC(=O)ON=c1nc(N2CC(C)OC(C)C2)c2ccccc2n(C)c1=O. The Balaban J connectivity index is 2.23. The van der Waals surface area contributed by atoms with Crippen molar-refractivity contribution >= 4 is 22.8 Å². The topological polar surface area (TPSA) is 98.0 Å². The summed E-state index contributed by atoms with van der Waals surface area (Å²) in [6.45, 7) is 7.39. The zero-order chi connectivity index (χ0) is 20.3. The van der Waals surface area contributed by atoms with Crippen molar-refractivity contribution in [1.82, 2.24) is 14.9 Å². The Kier molecular flexibility index (Phi) is 5.93. The van der Waals surface area contributed by atoms with Gasteiger partial charge in [-0.05, 0) is 38.1 Å². The molecule has 1 aliphatic rings. The summed E-state index contributed by atoms with van der Waals surface area (Å²) in [5, 5.41) is 7.00. The molecule has 0 bridgehead atoms. The minimum atomic E-state index is -0.738. The van der Waals surface area contributed by atoms with E-state index in [4.69, 9.17) is 9.57 Å². The number of aryl methyl sites for hydroxylation is 1. The van der Waals surface area contributed by atoms with Crippen LogP contribution in [0.5, 0.6) is 0 Å². The summed E-state index contributed by atoms with van der Waals surface area (Å²) in [7, 11) is 1.64. The molecule has 1 N–H and O–H groups in total. The number of morpholine rings is 1. The van der Waals surface area contributed by atoms with E-state index in [0.29, 0.717) is 31.0 Å². The highest BCUT2D eigenvalue weighted by atomic mass is 16.7. The lowest BCUT2D eigenvalue weighted by Crippen LogP contribution is -2.46. The molecule has 2 unspecified atom stereocenters. The second kappa shape index (κ2) is 8.39. The number of ether oxygens (including phenoxy) is 1. The summed E-state index contributed by atoms with van der Waals surface area (Å²) < 4.78 is 7.28. The van der Waals surface area contributed by atoms with Gasteiger partial charge in [-0.15, -0.1) is 0 Å². The molecule has 0 saturated carbocycles. The van der Waals surface area contributed by atoms with Crippen molar-refractivity contribution in [3.63, 3.8) is 0 Å². The van der Waals surface area contributed by atoms with Gasteiger partial charge >= 0.3 is 6.09 Å². The number of fused-ring (bicyclic) bond motifs is 1. The molecule has 1 aromatic heterocycles. The van der Waals surface area contributed by atoms with Crippen molar-refractivity contribution in [3.05, 3.63) is 40.1 Å². The first-order chi connectivity index (χ1) is 13.4. The van der Waals surface area contributed by atoms with E-state index in [1.54, 1.807) is 14.0 Å². The third-order valence-corrected chi connectivity index (χ3v) is 4.47. The maximum absolute atomic E-state index is 12.9. The Bertz CT molecular complexity index is 994. The van der Waals surface area contributed by atoms with E-state index in [2.05, 4.69) is 20.4 Å². The summed E-state index contributed by atoms with van der Waals surface area (Å²) in [6, 6.07) is 7.52. The van der Waals surface area contributed by atoms with Crippen LogP contribution in [0, 0.1) is 0 Å². The van der Waals surface area contributed by atoms with E-state index in [9.17, 15) is 9.59 Å². The largest absolute Gasteiger partial charge is 0.433 e. The number of hydrogen-bond acceptors (Lipinski definition) is 7. The quantitative estimate of drug-likeness (QED) is 0.626. The van der Waals surface area contributed by atoms with E-state index >= 15 is 0 Å². The summed E-state index contributed by atoms with van der Waals surface area (Å²) in [5.41, 5.74) is 0.0640. The zero-order valence-electron chi connectivity index (χ0n) is 16.5. The van der Waals surface area contributed by atoms with Crippen LogP contribution in [0.1, 0.15) is 20.8 Å². The van der Waals surface area contributed by atoms with E-state index < -0.39 is 11.7 Å². The van der Waals surface area contributed by atoms with Gasteiger partial charge < -0.3 is 19.5 Å². The number of rotatable bonds is 3. The van der Waals surface area contributed by atoms with Gasteiger partial charge in [0.2, 0.25) is 0 Å². The van der Waals surface area contributed by atoms with Crippen LogP contribution in [-0.2, 0) is 16.6 Å². The number of aromatic nitrogens is 2. The lowest BCUT2D eigenvalue weighted by atomic mass is 10.2. The smallest absolute Gasteiger partial charge is 0.372 e. The average molecular weight is 387 g/mol.